The van der Waals surface area contributed by atoms with Crippen molar-refractivity contribution in [3.05, 3.63) is 57.5 Å². The van der Waals surface area contributed by atoms with E-state index >= 15 is 0 Å². The summed E-state index contributed by atoms with van der Waals surface area (Å²) in [6.45, 7) is 0. The van der Waals surface area contributed by atoms with Gasteiger partial charge in [0.1, 0.15) is 5.75 Å². The van der Waals surface area contributed by atoms with Crippen molar-refractivity contribution in [3.8, 4) is 5.75 Å². The van der Waals surface area contributed by atoms with Crippen LogP contribution in [0.25, 0.3) is 0 Å². The van der Waals surface area contributed by atoms with Crippen molar-refractivity contribution in [3.63, 3.8) is 0 Å². The number of ether oxygens (including phenoxy) is 1. The number of anilines is 1. The molecule has 2 aromatic carbocycles. The van der Waals surface area contributed by atoms with Gasteiger partial charge in [0.05, 0.1) is 12.1 Å². The summed E-state index contributed by atoms with van der Waals surface area (Å²) in [5, 5.41) is 13.0. The van der Waals surface area contributed by atoms with E-state index in [0.29, 0.717) is 26.5 Å². The summed E-state index contributed by atoms with van der Waals surface area (Å²) >= 11 is 9.25. The van der Waals surface area contributed by atoms with Crippen LogP contribution in [0.4, 0.5) is 5.69 Å². The lowest BCUT2D eigenvalue weighted by Gasteiger charge is -2.19. The molecule has 0 aliphatic heterocycles. The van der Waals surface area contributed by atoms with Gasteiger partial charge in [-0.05, 0) is 40.2 Å². The highest BCUT2D eigenvalue weighted by Gasteiger charge is 2.23. The van der Waals surface area contributed by atoms with Crippen LogP contribution in [-0.4, -0.2) is 18.2 Å². The molecule has 4 nitrogen and oxygen atoms in total. The van der Waals surface area contributed by atoms with Crippen LogP contribution in [0, 0.1) is 0 Å². The van der Waals surface area contributed by atoms with Crippen molar-refractivity contribution in [2.24, 2.45) is 0 Å². The molecule has 0 saturated carbocycles. The largest absolute Gasteiger partial charge is 0.496 e. The number of hydrogen-bond acceptors (Lipinski definition) is 3. The molecule has 0 bridgehead atoms. The van der Waals surface area contributed by atoms with Crippen molar-refractivity contribution < 1.29 is 14.6 Å². The maximum atomic E-state index is 11.6. The molecule has 0 aromatic heterocycles. The maximum absolute atomic E-state index is 11.6. The Bertz CT molecular complexity index is 663. The third-order valence-corrected chi connectivity index (χ3v) is 4.14. The first kappa shape index (κ1) is 15.7. The van der Waals surface area contributed by atoms with Crippen LogP contribution in [0.2, 0.25) is 5.02 Å². The molecule has 0 radical (unpaired) electrons. The third-order valence-electron chi connectivity index (χ3n) is 2.93. The second-order valence-electron chi connectivity index (χ2n) is 4.29. The summed E-state index contributed by atoms with van der Waals surface area (Å²) in [5.41, 5.74) is 1.20. The van der Waals surface area contributed by atoms with E-state index in [1.807, 2.05) is 0 Å². The highest BCUT2D eigenvalue weighted by atomic mass is 79.9. The van der Waals surface area contributed by atoms with Gasteiger partial charge in [0.15, 0.2) is 6.04 Å². The Labute approximate surface area is 135 Å². The summed E-state index contributed by atoms with van der Waals surface area (Å²) in [6.07, 6.45) is 0. The average molecular weight is 371 g/mol. The highest BCUT2D eigenvalue weighted by molar-refractivity contribution is 9.10. The molecule has 0 aliphatic carbocycles. The second kappa shape index (κ2) is 6.83. The number of nitrogens with one attached hydrogen (secondary N) is 1. The van der Waals surface area contributed by atoms with Gasteiger partial charge in [0.25, 0.3) is 0 Å². The van der Waals surface area contributed by atoms with Crippen LogP contribution >= 0.6 is 27.5 Å². The van der Waals surface area contributed by atoms with Gasteiger partial charge in [-0.3, -0.25) is 0 Å². The SMILES string of the molecule is COc1ccccc1C(Nc1ccc(Cl)c(Br)c1)C(=O)O. The number of halogens is 2. The Hall–Kier alpha value is -1.72. The van der Waals surface area contributed by atoms with Crippen LogP contribution < -0.4 is 10.1 Å². The minimum absolute atomic E-state index is 0.519. The van der Waals surface area contributed by atoms with E-state index in [1.54, 1.807) is 42.5 Å². The number of rotatable bonds is 5. The Morgan fingerprint density at radius 1 is 1.33 bits per heavy atom. The zero-order valence-electron chi connectivity index (χ0n) is 11.1. The minimum atomic E-state index is -0.995. The van der Waals surface area contributed by atoms with Gasteiger partial charge in [-0.25, -0.2) is 4.79 Å². The molecule has 0 fully saturated rings. The smallest absolute Gasteiger partial charge is 0.330 e. The van der Waals surface area contributed by atoms with Crippen LogP contribution in [0.15, 0.2) is 46.9 Å². The molecule has 0 saturated heterocycles. The van der Waals surface area contributed by atoms with Crippen molar-refractivity contribution in [2.75, 3.05) is 12.4 Å². The summed E-state index contributed by atoms with van der Waals surface area (Å²) in [7, 11) is 1.51. The number of carboxylic acid groups (broad SMARTS) is 1. The fraction of sp³-hybridized carbons (Fsp3) is 0.133. The molecule has 0 aliphatic rings. The Balaban J connectivity index is 2.35. The van der Waals surface area contributed by atoms with Crippen molar-refractivity contribution in [1.29, 1.82) is 0 Å². The van der Waals surface area contributed by atoms with E-state index in [4.69, 9.17) is 16.3 Å². The van der Waals surface area contributed by atoms with E-state index in [9.17, 15) is 9.90 Å². The first-order chi connectivity index (χ1) is 10.0. The molecule has 1 unspecified atom stereocenters. The molecule has 0 spiro atoms. The van der Waals surface area contributed by atoms with Gasteiger partial charge in [-0.15, -0.1) is 0 Å². The van der Waals surface area contributed by atoms with Crippen molar-refractivity contribution in [1.82, 2.24) is 0 Å². The number of methoxy groups -OCH3 is 1. The highest BCUT2D eigenvalue weighted by Crippen LogP contribution is 2.31. The molecular weight excluding hydrogens is 358 g/mol. The standard InChI is InChI=1S/C15H13BrClNO3/c1-21-13-5-3-2-4-10(13)14(15(19)20)18-9-6-7-12(17)11(16)8-9/h2-8,14,18H,1H3,(H,19,20). The van der Waals surface area contributed by atoms with Crippen molar-refractivity contribution in [2.45, 2.75) is 6.04 Å². The normalized spacial score (nSPS) is 11.8. The fourth-order valence-corrected chi connectivity index (χ4v) is 2.43. The quantitative estimate of drug-likeness (QED) is 0.821. The predicted octanol–water partition coefficient (Wildman–Crippen LogP) is 4.35. The zero-order valence-corrected chi connectivity index (χ0v) is 13.5. The van der Waals surface area contributed by atoms with Crippen LogP contribution in [0.5, 0.6) is 5.75 Å². The average Bonchev–Trinajstić information content (AvgIpc) is 2.48. The predicted molar refractivity (Wildman–Crippen MR) is 86.1 cm³/mol. The third kappa shape index (κ3) is 3.68. The van der Waals surface area contributed by atoms with Gasteiger partial charge in [0.2, 0.25) is 0 Å². The minimum Gasteiger partial charge on any atom is -0.496 e. The van der Waals surface area contributed by atoms with Gasteiger partial charge in [-0.2, -0.15) is 0 Å². The lowest BCUT2D eigenvalue weighted by Crippen LogP contribution is -2.21. The Morgan fingerprint density at radius 3 is 2.67 bits per heavy atom. The van der Waals surface area contributed by atoms with Crippen LogP contribution in [0.3, 0.4) is 0 Å². The number of hydrogen-bond donors (Lipinski definition) is 2. The zero-order chi connectivity index (χ0) is 15.4. The van der Waals surface area contributed by atoms with Crippen molar-refractivity contribution >= 4 is 39.2 Å². The summed E-state index contributed by atoms with van der Waals surface area (Å²) in [6, 6.07) is 11.2. The molecule has 2 aromatic rings. The Morgan fingerprint density at radius 2 is 2.05 bits per heavy atom. The Kier molecular flexibility index (Phi) is 5.09. The van der Waals surface area contributed by atoms with Gasteiger partial charge in [0, 0.05) is 15.7 Å². The molecule has 1 atom stereocenters. The molecule has 2 rings (SSSR count). The first-order valence-electron chi connectivity index (χ1n) is 6.10. The number of benzene rings is 2. The molecule has 21 heavy (non-hydrogen) atoms. The number of carboxylic acids is 1. The van der Waals surface area contributed by atoms with E-state index in [0.717, 1.165) is 0 Å². The van der Waals surface area contributed by atoms with Gasteiger partial charge in [-0.1, -0.05) is 29.8 Å². The summed E-state index contributed by atoms with van der Waals surface area (Å²) in [5.74, 6) is -0.476. The van der Waals surface area contributed by atoms with E-state index < -0.39 is 12.0 Å². The summed E-state index contributed by atoms with van der Waals surface area (Å²) < 4.78 is 5.92. The summed E-state index contributed by atoms with van der Waals surface area (Å²) in [4.78, 5) is 11.6. The molecule has 2 N–H and O–H groups in total. The van der Waals surface area contributed by atoms with E-state index in [-0.39, 0.29) is 0 Å². The molecule has 0 heterocycles. The monoisotopic (exact) mass is 369 g/mol. The van der Waals surface area contributed by atoms with Gasteiger partial charge >= 0.3 is 5.97 Å². The maximum Gasteiger partial charge on any atom is 0.330 e. The van der Waals surface area contributed by atoms with E-state index in [1.165, 1.54) is 7.11 Å². The molecular formula is C15H13BrClNO3. The second-order valence-corrected chi connectivity index (χ2v) is 5.55. The molecule has 0 amide bonds. The molecule has 6 heteroatoms. The van der Waals surface area contributed by atoms with E-state index in [2.05, 4.69) is 21.2 Å². The number of aliphatic carboxylic acids is 1. The number of para-hydroxylation sites is 1. The lowest BCUT2D eigenvalue weighted by atomic mass is 10.1. The first-order valence-corrected chi connectivity index (χ1v) is 7.27. The van der Waals surface area contributed by atoms with Crippen LogP contribution in [0.1, 0.15) is 11.6 Å². The fourth-order valence-electron chi connectivity index (χ4n) is 1.93. The van der Waals surface area contributed by atoms with Gasteiger partial charge < -0.3 is 15.2 Å². The number of carbonyl (C=O) groups is 1. The molecule has 110 valence electrons. The lowest BCUT2D eigenvalue weighted by molar-refractivity contribution is -0.138. The van der Waals surface area contributed by atoms with Crippen LogP contribution in [-0.2, 0) is 4.79 Å². The topological polar surface area (TPSA) is 58.6 Å².